The molecule has 0 aliphatic carbocycles. The molecule has 0 atom stereocenters. The number of nitrogens with zero attached hydrogens (tertiary/aromatic N) is 3. The van der Waals surface area contributed by atoms with Crippen molar-refractivity contribution >= 4 is 23.4 Å². The minimum atomic E-state index is -0.429. The number of benzene rings is 1. The predicted molar refractivity (Wildman–Crippen MR) is 104 cm³/mol. The Morgan fingerprint density at radius 2 is 1.96 bits per heavy atom. The Morgan fingerprint density at radius 1 is 1.22 bits per heavy atom. The summed E-state index contributed by atoms with van der Waals surface area (Å²) in [4.78, 5) is 30.0. The molecule has 1 fully saturated rings. The van der Waals surface area contributed by atoms with Crippen LogP contribution in [0.4, 0.5) is 5.69 Å². The maximum absolute atomic E-state index is 12.2. The lowest BCUT2D eigenvalue weighted by Gasteiger charge is -2.32. The van der Waals surface area contributed by atoms with E-state index in [1.54, 1.807) is 12.1 Å². The molecule has 0 spiro atoms. The van der Waals surface area contributed by atoms with Gasteiger partial charge in [0.05, 0.1) is 16.4 Å². The molecule has 3 rings (SSSR count). The molecule has 1 N–H and O–H groups in total. The fourth-order valence-electron chi connectivity index (χ4n) is 3.04. The normalized spacial score (nSPS) is 15.4. The number of nitro groups is 1. The first kappa shape index (κ1) is 19.3. The zero-order chi connectivity index (χ0) is 19.1. The Hall–Kier alpha value is -2.45. The number of likely N-dealkylation sites (tertiary alicyclic amines) is 1. The van der Waals surface area contributed by atoms with E-state index in [1.807, 2.05) is 24.4 Å². The van der Waals surface area contributed by atoms with Gasteiger partial charge in [-0.2, -0.15) is 0 Å². The van der Waals surface area contributed by atoms with Crippen LogP contribution in [0.3, 0.4) is 0 Å². The lowest BCUT2D eigenvalue weighted by molar-refractivity contribution is -0.384. The zero-order valence-corrected chi connectivity index (χ0v) is 15.7. The molecular formula is C19H22N4O3S. The van der Waals surface area contributed by atoms with Crippen LogP contribution in [0.1, 0.15) is 18.5 Å². The molecule has 8 heteroatoms. The van der Waals surface area contributed by atoms with Crippen molar-refractivity contribution in [2.45, 2.75) is 30.3 Å². The third-order valence-corrected chi connectivity index (χ3v) is 5.49. The van der Waals surface area contributed by atoms with Crippen molar-refractivity contribution in [3.05, 3.63) is 64.5 Å². The third-order valence-electron chi connectivity index (χ3n) is 4.48. The van der Waals surface area contributed by atoms with Gasteiger partial charge in [-0.25, -0.2) is 0 Å². The van der Waals surface area contributed by atoms with Crippen molar-refractivity contribution in [1.29, 1.82) is 0 Å². The monoisotopic (exact) mass is 386 g/mol. The number of pyridine rings is 1. The van der Waals surface area contributed by atoms with E-state index < -0.39 is 4.92 Å². The fourth-order valence-corrected chi connectivity index (χ4v) is 3.75. The summed E-state index contributed by atoms with van der Waals surface area (Å²) in [5.41, 5.74) is 1.13. The second kappa shape index (κ2) is 9.48. The molecular weight excluding hydrogens is 364 g/mol. The van der Waals surface area contributed by atoms with Crippen LogP contribution >= 0.6 is 11.8 Å². The third kappa shape index (κ3) is 6.04. The number of nitrogens with one attached hydrogen (secondary N) is 1. The van der Waals surface area contributed by atoms with E-state index in [9.17, 15) is 14.9 Å². The number of amides is 1. The van der Waals surface area contributed by atoms with Gasteiger partial charge in [0, 0.05) is 48.9 Å². The van der Waals surface area contributed by atoms with E-state index in [-0.39, 0.29) is 17.6 Å². The molecule has 1 aliphatic rings. The molecule has 1 aliphatic heterocycles. The summed E-state index contributed by atoms with van der Waals surface area (Å²) in [5.74, 6) is 0.313. The first-order valence-electron chi connectivity index (χ1n) is 8.89. The van der Waals surface area contributed by atoms with Crippen LogP contribution < -0.4 is 5.32 Å². The summed E-state index contributed by atoms with van der Waals surface area (Å²) in [5, 5.41) is 13.7. The van der Waals surface area contributed by atoms with Gasteiger partial charge in [-0.15, -0.1) is 11.8 Å². The molecule has 0 radical (unpaired) electrons. The van der Waals surface area contributed by atoms with Crippen LogP contribution in [0.25, 0.3) is 0 Å². The van der Waals surface area contributed by atoms with E-state index in [0.717, 1.165) is 43.1 Å². The molecule has 142 valence electrons. The standard InChI is InChI=1S/C19H22N4O3S/c24-19(14-27-18-6-4-17(5-7-18)23(25)26)21-15-8-11-22(12-9-15)13-16-3-1-2-10-20-16/h1-7,10,15H,8-9,11-14H2,(H,21,24). The van der Waals surface area contributed by atoms with Crippen molar-refractivity contribution in [1.82, 2.24) is 15.2 Å². The van der Waals surface area contributed by atoms with Crippen LogP contribution in [-0.2, 0) is 11.3 Å². The van der Waals surface area contributed by atoms with E-state index in [4.69, 9.17) is 0 Å². The number of aromatic nitrogens is 1. The maximum Gasteiger partial charge on any atom is 0.269 e. The summed E-state index contributed by atoms with van der Waals surface area (Å²) in [6, 6.07) is 12.4. The summed E-state index contributed by atoms with van der Waals surface area (Å²) < 4.78 is 0. The largest absolute Gasteiger partial charge is 0.353 e. The van der Waals surface area contributed by atoms with Gasteiger partial charge in [0.2, 0.25) is 5.91 Å². The van der Waals surface area contributed by atoms with E-state index >= 15 is 0 Å². The summed E-state index contributed by atoms with van der Waals surface area (Å²) >= 11 is 1.39. The molecule has 1 aromatic carbocycles. The molecule has 2 heterocycles. The number of hydrogen-bond acceptors (Lipinski definition) is 6. The second-order valence-electron chi connectivity index (χ2n) is 6.48. The Morgan fingerprint density at radius 3 is 2.59 bits per heavy atom. The van der Waals surface area contributed by atoms with Gasteiger partial charge in [0.15, 0.2) is 0 Å². The van der Waals surface area contributed by atoms with Crippen LogP contribution in [0.5, 0.6) is 0 Å². The number of nitro benzene ring substituents is 1. The number of thioether (sulfide) groups is 1. The Labute approximate surface area is 162 Å². The SMILES string of the molecule is O=C(CSc1ccc([N+](=O)[O-])cc1)NC1CCN(Cc2ccccn2)CC1. The van der Waals surface area contributed by atoms with Gasteiger partial charge in [0.25, 0.3) is 5.69 Å². The van der Waals surface area contributed by atoms with Gasteiger partial charge in [-0.05, 0) is 37.1 Å². The van der Waals surface area contributed by atoms with Gasteiger partial charge in [-0.1, -0.05) is 6.07 Å². The molecule has 0 bridgehead atoms. The number of piperidine rings is 1. The van der Waals surface area contributed by atoms with Crippen molar-refractivity contribution in [2.75, 3.05) is 18.8 Å². The highest BCUT2D eigenvalue weighted by Crippen LogP contribution is 2.21. The molecule has 1 aromatic heterocycles. The van der Waals surface area contributed by atoms with E-state index in [2.05, 4.69) is 15.2 Å². The topological polar surface area (TPSA) is 88.4 Å². The maximum atomic E-state index is 12.2. The van der Waals surface area contributed by atoms with Crippen molar-refractivity contribution in [2.24, 2.45) is 0 Å². The van der Waals surface area contributed by atoms with Gasteiger partial charge < -0.3 is 5.32 Å². The Balaban J connectivity index is 1.37. The number of carbonyl (C=O) groups is 1. The fraction of sp³-hybridized carbons (Fsp3) is 0.368. The molecule has 7 nitrogen and oxygen atoms in total. The second-order valence-corrected chi connectivity index (χ2v) is 7.53. The first-order chi connectivity index (χ1) is 13.1. The zero-order valence-electron chi connectivity index (χ0n) is 14.9. The van der Waals surface area contributed by atoms with E-state index in [1.165, 1.54) is 23.9 Å². The number of carbonyl (C=O) groups excluding carboxylic acids is 1. The van der Waals surface area contributed by atoms with Crippen LogP contribution in [-0.4, -0.2) is 45.6 Å². The average Bonchev–Trinajstić information content (AvgIpc) is 2.69. The number of hydrogen-bond donors (Lipinski definition) is 1. The molecule has 27 heavy (non-hydrogen) atoms. The van der Waals surface area contributed by atoms with Crippen molar-refractivity contribution < 1.29 is 9.72 Å². The van der Waals surface area contributed by atoms with Gasteiger partial charge >= 0.3 is 0 Å². The Bertz CT molecular complexity index is 762. The van der Waals surface area contributed by atoms with E-state index in [0.29, 0.717) is 5.75 Å². The highest BCUT2D eigenvalue weighted by Gasteiger charge is 2.21. The quantitative estimate of drug-likeness (QED) is 0.447. The molecule has 2 aromatic rings. The van der Waals surface area contributed by atoms with Crippen LogP contribution in [0.15, 0.2) is 53.6 Å². The van der Waals surface area contributed by atoms with Gasteiger partial charge in [-0.3, -0.25) is 24.8 Å². The predicted octanol–water partition coefficient (Wildman–Crippen LogP) is 2.86. The minimum absolute atomic E-state index is 0.00142. The number of non-ortho nitro benzene ring substituents is 1. The van der Waals surface area contributed by atoms with Crippen LogP contribution in [0, 0.1) is 10.1 Å². The Kier molecular flexibility index (Phi) is 6.78. The lowest BCUT2D eigenvalue weighted by atomic mass is 10.0. The molecule has 0 saturated carbocycles. The molecule has 1 amide bonds. The molecule has 1 saturated heterocycles. The van der Waals surface area contributed by atoms with Crippen LogP contribution in [0.2, 0.25) is 0 Å². The number of rotatable bonds is 7. The van der Waals surface area contributed by atoms with Crippen molar-refractivity contribution in [3.63, 3.8) is 0 Å². The van der Waals surface area contributed by atoms with Crippen molar-refractivity contribution in [3.8, 4) is 0 Å². The lowest BCUT2D eigenvalue weighted by Crippen LogP contribution is -2.44. The van der Waals surface area contributed by atoms with Gasteiger partial charge in [0.1, 0.15) is 0 Å². The molecule has 0 unspecified atom stereocenters. The smallest absolute Gasteiger partial charge is 0.269 e. The highest BCUT2D eigenvalue weighted by atomic mass is 32.2. The summed E-state index contributed by atoms with van der Waals surface area (Å²) in [6.07, 6.45) is 3.67. The summed E-state index contributed by atoms with van der Waals surface area (Å²) in [6.45, 7) is 2.73. The first-order valence-corrected chi connectivity index (χ1v) is 9.87. The minimum Gasteiger partial charge on any atom is -0.353 e. The summed E-state index contributed by atoms with van der Waals surface area (Å²) in [7, 11) is 0. The highest BCUT2D eigenvalue weighted by molar-refractivity contribution is 8.00. The average molecular weight is 386 g/mol.